The first-order valence-electron chi connectivity index (χ1n) is 21.5. The molecule has 0 aliphatic heterocycles. The van der Waals surface area contributed by atoms with Gasteiger partial charge in [-0.15, -0.1) is 0 Å². The third-order valence-corrected chi connectivity index (χ3v) is 13.2. The van der Waals surface area contributed by atoms with Gasteiger partial charge in [-0.25, -0.2) is 0 Å². The van der Waals surface area contributed by atoms with E-state index in [1.807, 2.05) is 0 Å². The van der Waals surface area contributed by atoms with Crippen LogP contribution >= 0.6 is 0 Å². The van der Waals surface area contributed by atoms with E-state index in [0.29, 0.717) is 0 Å². The highest BCUT2D eigenvalue weighted by Crippen LogP contribution is 2.52. The van der Waals surface area contributed by atoms with Gasteiger partial charge in [0.15, 0.2) is 0 Å². The molecule has 0 spiro atoms. The number of hydrogen-bond acceptors (Lipinski definition) is 1. The fourth-order valence-electron chi connectivity index (χ4n) is 10.6. The molecule has 0 N–H and O–H groups in total. The van der Waals surface area contributed by atoms with Gasteiger partial charge in [0.1, 0.15) is 0 Å². The van der Waals surface area contributed by atoms with E-state index in [9.17, 15) is 0 Å². The second-order valence-corrected chi connectivity index (χ2v) is 16.6. The Morgan fingerprint density at radius 1 is 0.450 bits per heavy atom. The first kappa shape index (κ1) is 34.8. The number of aryl methyl sites for hydroxylation is 1. The maximum Gasteiger partial charge on any atom is 0.0540 e. The topological polar surface area (TPSA) is 3.24 Å². The quantitative estimate of drug-likeness (QED) is 0.152. The zero-order valence-corrected chi connectivity index (χ0v) is 33.8. The van der Waals surface area contributed by atoms with Gasteiger partial charge in [-0.2, -0.15) is 0 Å². The smallest absolute Gasteiger partial charge is 0.0540 e. The van der Waals surface area contributed by atoms with E-state index in [4.69, 9.17) is 0 Å². The van der Waals surface area contributed by atoms with Crippen LogP contribution in [0.1, 0.15) is 47.9 Å². The van der Waals surface area contributed by atoms with Gasteiger partial charge >= 0.3 is 0 Å². The maximum atomic E-state index is 2.51. The highest BCUT2D eigenvalue weighted by atomic mass is 15.1. The van der Waals surface area contributed by atoms with Gasteiger partial charge in [-0.05, 0) is 168 Å². The van der Waals surface area contributed by atoms with Gasteiger partial charge in [0.25, 0.3) is 0 Å². The molecule has 1 nitrogen and oxygen atoms in total. The third kappa shape index (κ3) is 5.39. The van der Waals surface area contributed by atoms with E-state index in [2.05, 4.69) is 206 Å². The van der Waals surface area contributed by atoms with Crippen LogP contribution in [0, 0.1) is 6.92 Å². The van der Waals surface area contributed by atoms with Crippen LogP contribution < -0.4 is 4.90 Å². The number of hydrogen-bond donors (Lipinski definition) is 0. The predicted molar refractivity (Wildman–Crippen MR) is 258 cm³/mol. The first-order chi connectivity index (χ1) is 29.7. The number of benzene rings is 9. The molecule has 0 fully saturated rings. The molecule has 3 aliphatic rings. The number of anilines is 3. The van der Waals surface area contributed by atoms with Crippen molar-refractivity contribution < 1.29 is 0 Å². The van der Waals surface area contributed by atoms with Crippen molar-refractivity contribution in [3.63, 3.8) is 0 Å². The summed E-state index contributed by atoms with van der Waals surface area (Å²) in [5.41, 5.74) is 18.2. The van der Waals surface area contributed by atoms with Crippen LogP contribution in [0.2, 0.25) is 0 Å². The molecule has 12 rings (SSSR count). The molecule has 9 aromatic rings. The lowest BCUT2D eigenvalue weighted by atomic mass is 9.80. The van der Waals surface area contributed by atoms with Gasteiger partial charge in [-0.3, -0.25) is 0 Å². The van der Waals surface area contributed by atoms with Crippen LogP contribution in [0.15, 0.2) is 194 Å². The molecule has 0 saturated carbocycles. The Kier molecular flexibility index (Phi) is 8.10. The lowest BCUT2D eigenvalue weighted by Crippen LogP contribution is -2.11. The van der Waals surface area contributed by atoms with Crippen molar-refractivity contribution in [2.45, 2.75) is 32.6 Å². The lowest BCUT2D eigenvalue weighted by molar-refractivity contribution is 1.06. The molecule has 0 amide bonds. The second kappa shape index (κ2) is 14.0. The fourth-order valence-corrected chi connectivity index (χ4v) is 10.6. The Morgan fingerprint density at radius 2 is 1.17 bits per heavy atom. The van der Waals surface area contributed by atoms with E-state index in [-0.39, 0.29) is 0 Å². The van der Waals surface area contributed by atoms with Crippen LogP contribution in [-0.4, -0.2) is 0 Å². The highest BCUT2D eigenvalue weighted by molar-refractivity contribution is 6.32. The molecule has 0 heterocycles. The monoisotopic (exact) mass is 765 g/mol. The number of fused-ring (bicyclic) bond motifs is 8. The van der Waals surface area contributed by atoms with Crippen molar-refractivity contribution in [2.75, 3.05) is 4.90 Å². The summed E-state index contributed by atoms with van der Waals surface area (Å²) in [7, 11) is 0. The predicted octanol–water partition coefficient (Wildman–Crippen LogP) is 16.7. The number of allylic oxidation sites excluding steroid dienone is 8. The lowest BCUT2D eigenvalue weighted by Gasteiger charge is -2.29. The summed E-state index contributed by atoms with van der Waals surface area (Å²) in [4.78, 5) is 2.51. The number of nitrogens with zero attached hydrogens (tertiary/aromatic N) is 1. The molecule has 9 aromatic carbocycles. The van der Waals surface area contributed by atoms with E-state index < -0.39 is 0 Å². The maximum absolute atomic E-state index is 2.51. The molecule has 0 atom stereocenters. The summed E-state index contributed by atoms with van der Waals surface area (Å²) in [6.07, 6.45) is 15.8. The minimum Gasteiger partial charge on any atom is -0.310 e. The highest BCUT2D eigenvalue weighted by Gasteiger charge is 2.28. The average molecular weight is 766 g/mol. The molecule has 0 bridgehead atoms. The summed E-state index contributed by atoms with van der Waals surface area (Å²) in [5.74, 6) is 0. The number of rotatable bonds is 6. The van der Waals surface area contributed by atoms with E-state index in [0.717, 1.165) is 37.1 Å². The summed E-state index contributed by atoms with van der Waals surface area (Å²) in [6.45, 7) is 2.20. The molecule has 0 aromatic heterocycles. The Morgan fingerprint density at radius 3 is 1.97 bits per heavy atom. The summed E-state index contributed by atoms with van der Waals surface area (Å²) in [5, 5.41) is 10.4. The molecular formula is C59H43N. The normalized spacial score (nSPS) is 14.4. The van der Waals surface area contributed by atoms with Crippen molar-refractivity contribution in [2.24, 2.45) is 0 Å². The molecule has 60 heavy (non-hydrogen) atoms. The van der Waals surface area contributed by atoms with E-state index >= 15 is 0 Å². The van der Waals surface area contributed by atoms with Crippen LogP contribution in [0.25, 0.3) is 82.1 Å². The van der Waals surface area contributed by atoms with Gasteiger partial charge in [0, 0.05) is 16.8 Å². The molecule has 284 valence electrons. The Bertz CT molecular complexity index is 3360. The van der Waals surface area contributed by atoms with E-state index in [1.54, 1.807) is 0 Å². The first-order valence-corrected chi connectivity index (χ1v) is 21.5. The minimum atomic E-state index is 1.00. The van der Waals surface area contributed by atoms with Gasteiger partial charge in [0.05, 0.1) is 5.69 Å². The van der Waals surface area contributed by atoms with Crippen LogP contribution in [0.3, 0.4) is 0 Å². The van der Waals surface area contributed by atoms with Crippen molar-refractivity contribution >= 4 is 76.9 Å². The van der Waals surface area contributed by atoms with Crippen molar-refractivity contribution in [3.8, 4) is 22.3 Å². The van der Waals surface area contributed by atoms with Crippen molar-refractivity contribution in [1.29, 1.82) is 0 Å². The molecule has 1 heteroatoms. The second-order valence-electron chi connectivity index (χ2n) is 16.6. The summed E-state index contributed by atoms with van der Waals surface area (Å²) < 4.78 is 0. The van der Waals surface area contributed by atoms with Crippen LogP contribution in [0.5, 0.6) is 0 Å². The fraction of sp³-hybridized carbons (Fsp3) is 0.0847. The zero-order valence-electron chi connectivity index (χ0n) is 33.8. The average Bonchev–Trinajstić information content (AvgIpc) is 3.64. The molecule has 0 unspecified atom stereocenters. The van der Waals surface area contributed by atoms with Crippen LogP contribution in [0.4, 0.5) is 17.1 Å². The van der Waals surface area contributed by atoms with Gasteiger partial charge in [0.2, 0.25) is 0 Å². The zero-order chi connectivity index (χ0) is 39.7. The SMILES string of the molecule is Cc1cccc(N(c2ccc3c(c2)c2ccccc2c2c(-c4ccccc4)cc(-c4ccccc4)c(C4=CC=CCC4)c32)c2ccc3c4c(cccc24)C2=C3C=CCC2)c1. The molecule has 0 radical (unpaired) electrons. The van der Waals surface area contributed by atoms with E-state index in [1.165, 1.54) is 110 Å². The summed E-state index contributed by atoms with van der Waals surface area (Å²) >= 11 is 0. The van der Waals surface area contributed by atoms with Crippen LogP contribution in [-0.2, 0) is 0 Å². The standard InChI is InChI=1S/C59H43N/c1-38-17-15-24-42(35-38)60(55-34-33-49-45-26-12-11-25-44(45)47-29-16-30-51(55)57(47)49)43-31-32-50-54(36-43)46-27-13-14-28-48(46)58-53(40-20-7-3-8-21-40)37-52(39-18-5-2-6-19-39)56(59(50)58)41-22-9-4-10-23-41/h2-9,12-22,24,26-37H,10-11,23,25H2,1H3. The Labute approximate surface area is 351 Å². The Hall–Kier alpha value is -7.22. The molecule has 3 aliphatic carbocycles. The van der Waals surface area contributed by atoms with Gasteiger partial charge in [-0.1, -0.05) is 158 Å². The molecule has 0 saturated heterocycles. The minimum absolute atomic E-state index is 1.00. The largest absolute Gasteiger partial charge is 0.310 e. The molecular weight excluding hydrogens is 723 g/mol. The third-order valence-electron chi connectivity index (χ3n) is 13.2. The Balaban J connectivity index is 1.20. The summed E-state index contributed by atoms with van der Waals surface area (Å²) in [6, 6.07) is 61.6. The van der Waals surface area contributed by atoms with Crippen molar-refractivity contribution in [1.82, 2.24) is 0 Å². The van der Waals surface area contributed by atoms with Gasteiger partial charge < -0.3 is 4.90 Å². The van der Waals surface area contributed by atoms with Crippen molar-refractivity contribution in [3.05, 3.63) is 216 Å².